The van der Waals surface area contributed by atoms with Crippen LogP contribution in [0.25, 0.3) is 21.3 Å². The van der Waals surface area contributed by atoms with E-state index >= 15 is 0 Å². The maximum atomic E-state index is 12.8. The topological polar surface area (TPSA) is 91.4 Å². The third kappa shape index (κ3) is 3.84. The highest BCUT2D eigenvalue weighted by atomic mass is 35.5. The zero-order valence-electron chi connectivity index (χ0n) is 16.6. The third-order valence-electron chi connectivity index (χ3n) is 5.17. The molecule has 0 atom stereocenters. The van der Waals surface area contributed by atoms with E-state index in [1.807, 2.05) is 17.5 Å². The molecule has 0 saturated carbocycles. The van der Waals surface area contributed by atoms with Crippen LogP contribution in [0.3, 0.4) is 0 Å². The van der Waals surface area contributed by atoms with E-state index < -0.39 is 10.2 Å². The van der Waals surface area contributed by atoms with Crippen molar-refractivity contribution in [2.45, 2.75) is 0 Å². The van der Waals surface area contributed by atoms with Gasteiger partial charge in [0.05, 0.1) is 16.4 Å². The van der Waals surface area contributed by atoms with Crippen LogP contribution in [-0.4, -0.2) is 32.4 Å². The Kier molecular flexibility index (Phi) is 5.34. The zero-order chi connectivity index (χ0) is 22.3. The monoisotopic (exact) mass is 484 g/mol. The molecule has 1 aliphatic rings. The molecule has 0 bridgehead atoms. The SMILES string of the molecule is O=C(Nc1ccc(Cl)c(-c2nccc3sccc23)c1)c1ccc(N2CCNS2(=O)=O)cc1. The van der Waals surface area contributed by atoms with Crippen LogP contribution < -0.4 is 14.3 Å². The van der Waals surface area contributed by atoms with Crippen molar-refractivity contribution < 1.29 is 13.2 Å². The van der Waals surface area contributed by atoms with Crippen molar-refractivity contribution in [3.05, 3.63) is 76.8 Å². The summed E-state index contributed by atoms with van der Waals surface area (Å²) in [5.41, 5.74) is 2.99. The number of halogens is 1. The smallest absolute Gasteiger partial charge is 0.301 e. The Morgan fingerprint density at radius 3 is 2.69 bits per heavy atom. The van der Waals surface area contributed by atoms with Crippen LogP contribution in [0.2, 0.25) is 5.02 Å². The molecule has 10 heteroatoms. The van der Waals surface area contributed by atoms with E-state index in [9.17, 15) is 13.2 Å². The summed E-state index contributed by atoms with van der Waals surface area (Å²) in [4.78, 5) is 17.3. The van der Waals surface area contributed by atoms with Gasteiger partial charge < -0.3 is 5.32 Å². The van der Waals surface area contributed by atoms with Gasteiger partial charge in [-0.3, -0.25) is 14.1 Å². The van der Waals surface area contributed by atoms with E-state index in [0.29, 0.717) is 35.1 Å². The molecule has 7 nitrogen and oxygen atoms in total. The van der Waals surface area contributed by atoms with Crippen LogP contribution in [0.15, 0.2) is 66.2 Å². The quantitative estimate of drug-likeness (QED) is 0.445. The van der Waals surface area contributed by atoms with E-state index in [1.165, 1.54) is 4.31 Å². The van der Waals surface area contributed by atoms with Crippen LogP contribution in [0.1, 0.15) is 10.4 Å². The van der Waals surface area contributed by atoms with Crippen LogP contribution in [0.5, 0.6) is 0 Å². The van der Waals surface area contributed by atoms with Crippen LogP contribution >= 0.6 is 22.9 Å². The number of nitrogens with zero attached hydrogens (tertiary/aromatic N) is 2. The number of carbonyl (C=O) groups excluding carboxylic acids is 1. The number of anilines is 2. The number of thiophene rings is 1. The Morgan fingerprint density at radius 1 is 1.12 bits per heavy atom. The molecule has 1 fully saturated rings. The molecule has 0 unspecified atom stereocenters. The molecule has 162 valence electrons. The molecular weight excluding hydrogens is 468 g/mol. The van der Waals surface area contributed by atoms with Gasteiger partial charge in [0.2, 0.25) is 0 Å². The van der Waals surface area contributed by atoms with Crippen LogP contribution in [0, 0.1) is 0 Å². The Morgan fingerprint density at radius 2 is 1.94 bits per heavy atom. The molecule has 0 aliphatic carbocycles. The van der Waals surface area contributed by atoms with Gasteiger partial charge in [-0.25, -0.2) is 0 Å². The van der Waals surface area contributed by atoms with Gasteiger partial charge in [-0.05, 0) is 60.0 Å². The number of fused-ring (bicyclic) bond motifs is 1. The third-order valence-corrected chi connectivity index (χ3v) is 7.92. The predicted molar refractivity (Wildman–Crippen MR) is 129 cm³/mol. The molecule has 4 aromatic rings. The van der Waals surface area contributed by atoms with Crippen molar-refractivity contribution in [2.24, 2.45) is 0 Å². The molecule has 0 spiro atoms. The molecule has 2 N–H and O–H groups in total. The molecule has 0 radical (unpaired) electrons. The number of hydrogen-bond acceptors (Lipinski definition) is 5. The Labute approximate surface area is 193 Å². The van der Waals surface area contributed by atoms with Gasteiger partial charge in [-0.15, -0.1) is 11.3 Å². The molecule has 1 saturated heterocycles. The highest BCUT2D eigenvalue weighted by Crippen LogP contribution is 2.35. The van der Waals surface area contributed by atoms with E-state index in [2.05, 4.69) is 15.0 Å². The first-order valence-electron chi connectivity index (χ1n) is 9.73. The zero-order valence-corrected chi connectivity index (χ0v) is 19.0. The minimum atomic E-state index is -3.50. The lowest BCUT2D eigenvalue weighted by Gasteiger charge is -2.16. The Hall–Kier alpha value is -2.98. The molecule has 3 heterocycles. The highest BCUT2D eigenvalue weighted by molar-refractivity contribution is 7.91. The molecule has 2 aromatic heterocycles. The van der Waals surface area contributed by atoms with Gasteiger partial charge in [0.1, 0.15) is 0 Å². The van der Waals surface area contributed by atoms with Crippen LogP contribution in [0.4, 0.5) is 11.4 Å². The molecule has 1 amide bonds. The minimum absolute atomic E-state index is 0.311. The minimum Gasteiger partial charge on any atom is -0.322 e. The van der Waals surface area contributed by atoms with Crippen molar-refractivity contribution in [1.82, 2.24) is 9.71 Å². The summed E-state index contributed by atoms with van der Waals surface area (Å²) in [6, 6.07) is 15.7. The van der Waals surface area contributed by atoms with Crippen molar-refractivity contribution >= 4 is 60.5 Å². The summed E-state index contributed by atoms with van der Waals surface area (Å²) in [6.45, 7) is 0.712. The van der Waals surface area contributed by atoms with Crippen LogP contribution in [-0.2, 0) is 10.2 Å². The first-order valence-corrected chi connectivity index (χ1v) is 12.4. The van der Waals surface area contributed by atoms with Crippen molar-refractivity contribution in [1.29, 1.82) is 0 Å². The maximum absolute atomic E-state index is 12.8. The summed E-state index contributed by atoms with van der Waals surface area (Å²) in [5, 5.41) is 6.42. The fourth-order valence-electron chi connectivity index (χ4n) is 3.62. The standard InChI is InChI=1S/C22H17ClN4O3S2/c23-19-6-3-15(13-18(19)21-17-8-12-31-20(17)7-9-24-21)26-22(28)14-1-4-16(5-2-14)27-11-10-25-32(27,29)30/h1-9,12-13,25H,10-11H2,(H,26,28). The second-order valence-corrected chi connectivity index (χ2v) is 10.2. The van der Waals surface area contributed by atoms with E-state index in [-0.39, 0.29) is 5.91 Å². The van der Waals surface area contributed by atoms with Gasteiger partial charge in [0.25, 0.3) is 5.91 Å². The number of pyridine rings is 1. The van der Waals surface area contributed by atoms with Crippen molar-refractivity contribution in [2.75, 3.05) is 22.7 Å². The Balaban J connectivity index is 1.39. The second-order valence-electron chi connectivity index (χ2n) is 7.16. The molecular formula is C22H17ClN4O3S2. The fourth-order valence-corrected chi connectivity index (χ4v) is 5.84. The second kappa shape index (κ2) is 8.18. The molecule has 32 heavy (non-hydrogen) atoms. The van der Waals surface area contributed by atoms with Gasteiger partial charge in [-0.2, -0.15) is 13.1 Å². The molecule has 5 rings (SSSR count). The summed E-state index contributed by atoms with van der Waals surface area (Å²) >= 11 is 8.07. The number of benzene rings is 2. The van der Waals surface area contributed by atoms with E-state index in [1.54, 1.807) is 60.0 Å². The lowest BCUT2D eigenvalue weighted by atomic mass is 10.1. The first kappa shape index (κ1) is 20.9. The summed E-state index contributed by atoms with van der Waals surface area (Å²) < 4.78 is 28.8. The number of aromatic nitrogens is 1. The summed E-state index contributed by atoms with van der Waals surface area (Å²) in [6.07, 6.45) is 1.74. The lowest BCUT2D eigenvalue weighted by molar-refractivity contribution is 0.102. The van der Waals surface area contributed by atoms with Crippen molar-refractivity contribution in [3.8, 4) is 11.3 Å². The lowest BCUT2D eigenvalue weighted by Crippen LogP contribution is -2.29. The summed E-state index contributed by atoms with van der Waals surface area (Å²) in [5.74, 6) is -0.311. The van der Waals surface area contributed by atoms with E-state index in [4.69, 9.17) is 11.6 Å². The average Bonchev–Trinajstić information content (AvgIpc) is 3.41. The number of carbonyl (C=O) groups is 1. The molecule has 2 aromatic carbocycles. The normalized spacial score (nSPS) is 15.2. The van der Waals surface area contributed by atoms with E-state index in [0.717, 1.165) is 21.3 Å². The highest BCUT2D eigenvalue weighted by Gasteiger charge is 2.27. The Bertz CT molecular complexity index is 1440. The first-order chi connectivity index (χ1) is 15.4. The number of hydrogen-bond donors (Lipinski definition) is 2. The number of amides is 1. The number of rotatable bonds is 4. The van der Waals surface area contributed by atoms with Crippen molar-refractivity contribution in [3.63, 3.8) is 0 Å². The van der Waals surface area contributed by atoms with Gasteiger partial charge in [0, 0.05) is 46.2 Å². The molecule has 1 aliphatic heterocycles. The summed E-state index contributed by atoms with van der Waals surface area (Å²) in [7, 11) is -3.50. The number of nitrogens with one attached hydrogen (secondary N) is 2. The largest absolute Gasteiger partial charge is 0.322 e. The average molecular weight is 485 g/mol. The van der Waals surface area contributed by atoms with Gasteiger partial charge in [0.15, 0.2) is 0 Å². The van der Waals surface area contributed by atoms with Gasteiger partial charge >= 0.3 is 10.2 Å². The maximum Gasteiger partial charge on any atom is 0.301 e. The van der Waals surface area contributed by atoms with Gasteiger partial charge in [-0.1, -0.05) is 11.6 Å². The predicted octanol–water partition coefficient (Wildman–Crippen LogP) is 4.52. The fraction of sp³-hybridized carbons (Fsp3) is 0.0909.